The highest BCUT2D eigenvalue weighted by molar-refractivity contribution is 4.90. The molecule has 0 N–H and O–H groups in total. The number of nitriles is 1. The highest BCUT2D eigenvalue weighted by Gasteiger charge is 2.24. The molecule has 2 saturated heterocycles. The molecule has 0 aromatic rings. The topological polar surface area (TPSA) is 30.3 Å². The maximum Gasteiger partial charge on any atom is 0.0949 e. The zero-order valence-electron chi connectivity index (χ0n) is 10.4. The predicted octanol–water partition coefficient (Wildman–Crippen LogP) is 1.71. The van der Waals surface area contributed by atoms with Gasteiger partial charge in [-0.2, -0.15) is 5.26 Å². The highest BCUT2D eigenvalue weighted by Crippen LogP contribution is 2.21. The first kappa shape index (κ1) is 11.9. The van der Waals surface area contributed by atoms with Crippen LogP contribution in [0.5, 0.6) is 0 Å². The quantitative estimate of drug-likeness (QED) is 0.727. The molecular formula is C13H23N3. The van der Waals surface area contributed by atoms with Gasteiger partial charge in [0.2, 0.25) is 0 Å². The average Bonchev–Trinajstić information content (AvgIpc) is 2.82. The van der Waals surface area contributed by atoms with Gasteiger partial charge < -0.3 is 4.90 Å². The van der Waals surface area contributed by atoms with Crippen LogP contribution in [0.1, 0.15) is 32.6 Å². The highest BCUT2D eigenvalue weighted by atomic mass is 15.2. The smallest absolute Gasteiger partial charge is 0.0949 e. The molecule has 3 heteroatoms. The van der Waals surface area contributed by atoms with Gasteiger partial charge in [-0.05, 0) is 64.7 Å². The first-order valence-electron chi connectivity index (χ1n) is 6.65. The Bertz CT molecular complexity index is 244. The van der Waals surface area contributed by atoms with Gasteiger partial charge in [0.1, 0.15) is 0 Å². The van der Waals surface area contributed by atoms with Crippen LogP contribution in [-0.2, 0) is 0 Å². The minimum atomic E-state index is 0.104. The van der Waals surface area contributed by atoms with E-state index in [0.29, 0.717) is 0 Å². The molecule has 0 amide bonds. The maximum atomic E-state index is 8.88. The van der Waals surface area contributed by atoms with Gasteiger partial charge in [-0.1, -0.05) is 0 Å². The van der Waals surface area contributed by atoms with E-state index in [1.165, 1.54) is 45.3 Å². The summed E-state index contributed by atoms with van der Waals surface area (Å²) in [6.45, 7) is 8.18. The molecular weight excluding hydrogens is 198 g/mol. The van der Waals surface area contributed by atoms with Crippen molar-refractivity contribution < 1.29 is 0 Å². The van der Waals surface area contributed by atoms with Gasteiger partial charge in [0.05, 0.1) is 12.1 Å². The summed E-state index contributed by atoms with van der Waals surface area (Å²) in [4.78, 5) is 4.94. The third-order valence-corrected chi connectivity index (χ3v) is 4.10. The third-order valence-electron chi connectivity index (χ3n) is 4.10. The number of hydrogen-bond donors (Lipinski definition) is 0. The van der Waals surface area contributed by atoms with E-state index in [-0.39, 0.29) is 6.04 Å². The summed E-state index contributed by atoms with van der Waals surface area (Å²) in [5.74, 6) is 0.875. The van der Waals surface area contributed by atoms with Crippen LogP contribution in [0.25, 0.3) is 0 Å². The van der Waals surface area contributed by atoms with Gasteiger partial charge in [-0.25, -0.2) is 0 Å². The molecule has 3 nitrogen and oxygen atoms in total. The lowest BCUT2D eigenvalue weighted by Gasteiger charge is -2.34. The molecule has 0 aromatic heterocycles. The van der Waals surface area contributed by atoms with E-state index in [9.17, 15) is 0 Å². The molecule has 1 atom stereocenters. The van der Waals surface area contributed by atoms with Crippen molar-refractivity contribution in [1.82, 2.24) is 9.80 Å². The normalized spacial score (nSPS) is 26.8. The maximum absolute atomic E-state index is 8.88. The molecule has 0 saturated carbocycles. The molecule has 0 bridgehead atoms. The van der Waals surface area contributed by atoms with Crippen molar-refractivity contribution in [1.29, 1.82) is 5.26 Å². The molecule has 1 unspecified atom stereocenters. The minimum Gasteiger partial charge on any atom is -0.303 e. The second-order valence-electron chi connectivity index (χ2n) is 5.29. The van der Waals surface area contributed by atoms with E-state index in [1.807, 2.05) is 6.92 Å². The van der Waals surface area contributed by atoms with Crippen molar-refractivity contribution >= 4 is 0 Å². The molecule has 0 radical (unpaired) electrons. The van der Waals surface area contributed by atoms with Gasteiger partial charge in [-0.15, -0.1) is 0 Å². The van der Waals surface area contributed by atoms with Crippen LogP contribution in [0.3, 0.4) is 0 Å². The Morgan fingerprint density at radius 3 is 2.38 bits per heavy atom. The fraction of sp³-hybridized carbons (Fsp3) is 0.923. The van der Waals surface area contributed by atoms with Crippen molar-refractivity contribution in [3.8, 4) is 6.07 Å². The van der Waals surface area contributed by atoms with Gasteiger partial charge in [0.25, 0.3) is 0 Å². The summed E-state index contributed by atoms with van der Waals surface area (Å²) < 4.78 is 0. The molecule has 0 spiro atoms. The Kier molecular flexibility index (Phi) is 4.20. The summed E-state index contributed by atoms with van der Waals surface area (Å²) >= 11 is 0. The van der Waals surface area contributed by atoms with E-state index in [1.54, 1.807) is 0 Å². The fourth-order valence-electron chi connectivity index (χ4n) is 2.93. The number of likely N-dealkylation sites (tertiary alicyclic amines) is 2. The number of nitrogens with zero attached hydrogens (tertiary/aromatic N) is 3. The third kappa shape index (κ3) is 2.96. The molecule has 2 aliphatic heterocycles. The Morgan fingerprint density at radius 2 is 1.81 bits per heavy atom. The van der Waals surface area contributed by atoms with E-state index < -0.39 is 0 Å². The first-order valence-corrected chi connectivity index (χ1v) is 6.65. The number of piperidine rings is 1. The zero-order valence-corrected chi connectivity index (χ0v) is 10.4. The number of rotatable bonds is 3. The lowest BCUT2D eigenvalue weighted by molar-refractivity contribution is 0.140. The Labute approximate surface area is 99.0 Å². The van der Waals surface area contributed by atoms with E-state index >= 15 is 0 Å². The molecule has 16 heavy (non-hydrogen) atoms. The minimum absolute atomic E-state index is 0.104. The number of hydrogen-bond acceptors (Lipinski definition) is 3. The first-order chi connectivity index (χ1) is 7.79. The molecule has 2 aliphatic rings. The van der Waals surface area contributed by atoms with Crippen molar-refractivity contribution in [3.63, 3.8) is 0 Å². The lowest BCUT2D eigenvalue weighted by Crippen LogP contribution is -2.41. The van der Waals surface area contributed by atoms with Crippen LogP contribution >= 0.6 is 0 Å². The summed E-state index contributed by atoms with van der Waals surface area (Å²) in [5, 5.41) is 8.88. The van der Waals surface area contributed by atoms with Crippen molar-refractivity contribution in [3.05, 3.63) is 0 Å². The largest absolute Gasteiger partial charge is 0.303 e. The second-order valence-corrected chi connectivity index (χ2v) is 5.29. The summed E-state index contributed by atoms with van der Waals surface area (Å²) in [5.41, 5.74) is 0. The molecule has 0 aliphatic carbocycles. The summed E-state index contributed by atoms with van der Waals surface area (Å²) in [7, 11) is 0. The van der Waals surface area contributed by atoms with Crippen LogP contribution in [0, 0.1) is 17.2 Å². The van der Waals surface area contributed by atoms with Gasteiger partial charge in [0, 0.05) is 6.54 Å². The van der Waals surface area contributed by atoms with E-state index in [2.05, 4.69) is 15.9 Å². The Balaban J connectivity index is 1.70. The molecule has 90 valence electrons. The predicted molar refractivity (Wildman–Crippen MR) is 65.0 cm³/mol. The van der Waals surface area contributed by atoms with E-state index in [4.69, 9.17) is 5.26 Å². The summed E-state index contributed by atoms with van der Waals surface area (Å²) in [6.07, 6.45) is 5.35. The SMILES string of the molecule is CC(C#N)N1CCC(CN2CCCC2)CC1. The average molecular weight is 221 g/mol. The van der Waals surface area contributed by atoms with Crippen LogP contribution < -0.4 is 0 Å². The summed E-state index contributed by atoms with van der Waals surface area (Å²) in [6, 6.07) is 2.44. The monoisotopic (exact) mass is 221 g/mol. The lowest BCUT2D eigenvalue weighted by atomic mass is 9.95. The molecule has 2 rings (SSSR count). The van der Waals surface area contributed by atoms with Crippen molar-refractivity contribution in [2.24, 2.45) is 5.92 Å². The van der Waals surface area contributed by atoms with Gasteiger partial charge >= 0.3 is 0 Å². The van der Waals surface area contributed by atoms with Gasteiger partial charge in [0.15, 0.2) is 0 Å². The van der Waals surface area contributed by atoms with Gasteiger partial charge in [-0.3, -0.25) is 4.90 Å². The van der Waals surface area contributed by atoms with E-state index in [0.717, 1.165) is 19.0 Å². The van der Waals surface area contributed by atoms with Crippen LogP contribution in [-0.4, -0.2) is 48.6 Å². The molecule has 2 heterocycles. The van der Waals surface area contributed by atoms with Crippen molar-refractivity contribution in [2.75, 3.05) is 32.7 Å². The molecule has 0 aromatic carbocycles. The Hall–Kier alpha value is -0.590. The van der Waals surface area contributed by atoms with Crippen LogP contribution in [0.2, 0.25) is 0 Å². The fourth-order valence-corrected chi connectivity index (χ4v) is 2.93. The van der Waals surface area contributed by atoms with Crippen LogP contribution in [0.4, 0.5) is 0 Å². The van der Waals surface area contributed by atoms with Crippen molar-refractivity contribution in [2.45, 2.75) is 38.6 Å². The standard InChI is InChI=1S/C13H23N3/c1-12(10-14)16-8-4-13(5-9-16)11-15-6-2-3-7-15/h12-13H,2-9,11H2,1H3. The second kappa shape index (κ2) is 5.65. The van der Waals surface area contributed by atoms with Crippen LogP contribution in [0.15, 0.2) is 0 Å². The molecule has 2 fully saturated rings. The Morgan fingerprint density at radius 1 is 1.19 bits per heavy atom. The zero-order chi connectivity index (χ0) is 11.4.